The van der Waals surface area contributed by atoms with E-state index >= 15 is 0 Å². The molecule has 0 spiro atoms. The van der Waals surface area contributed by atoms with Gasteiger partial charge >= 0.3 is 0 Å². The average Bonchev–Trinajstić information content (AvgIpc) is 2.48. The molecule has 0 radical (unpaired) electrons. The van der Waals surface area contributed by atoms with Crippen LogP contribution in [-0.4, -0.2) is 30.2 Å². The van der Waals surface area contributed by atoms with Crippen LogP contribution < -0.4 is 0 Å². The molecule has 0 saturated heterocycles. The van der Waals surface area contributed by atoms with Crippen molar-refractivity contribution < 1.29 is 9.59 Å². The molecule has 0 saturated carbocycles. The van der Waals surface area contributed by atoms with E-state index in [4.69, 9.17) is 0 Å². The zero-order chi connectivity index (χ0) is 18.0. The third kappa shape index (κ3) is 10.1. The minimum Gasteiger partial charge on any atom is -0.342 e. The van der Waals surface area contributed by atoms with E-state index in [1.807, 2.05) is 7.05 Å². The molecule has 23 heavy (non-hydrogen) atoms. The van der Waals surface area contributed by atoms with Crippen LogP contribution in [0, 0.1) is 17.3 Å². The quantitative estimate of drug-likeness (QED) is 0.491. The summed E-state index contributed by atoms with van der Waals surface area (Å²) in [6.45, 7) is 16.8. The first-order valence-corrected chi connectivity index (χ1v) is 8.64. The van der Waals surface area contributed by atoms with E-state index in [0.717, 1.165) is 32.2 Å². The Labute approximate surface area is 142 Å². The summed E-state index contributed by atoms with van der Waals surface area (Å²) in [5.41, 5.74) is 0.200. The number of ketones is 1. The molecule has 0 aliphatic heterocycles. The number of hydrogen-bond acceptors (Lipinski definition) is 2. The number of carbonyl (C=O) groups is 2. The molecule has 0 fully saturated rings. The number of amides is 1. The molecule has 0 rings (SSSR count). The second kappa shape index (κ2) is 10.4. The van der Waals surface area contributed by atoms with Gasteiger partial charge in [0.25, 0.3) is 0 Å². The molecule has 3 heteroatoms. The SMILES string of the molecule is C=CC(=O)CCC(C)CC(C)CC(C)(C)CCN(C)C(=O)C=C. The second-order valence-corrected chi connectivity index (χ2v) is 7.74. The van der Waals surface area contributed by atoms with Gasteiger partial charge < -0.3 is 4.90 Å². The number of nitrogens with zero attached hydrogens (tertiary/aromatic N) is 1. The highest BCUT2D eigenvalue weighted by molar-refractivity contribution is 5.88. The van der Waals surface area contributed by atoms with Crippen molar-refractivity contribution in [3.8, 4) is 0 Å². The fourth-order valence-electron chi connectivity index (χ4n) is 3.16. The Morgan fingerprint density at radius 1 is 1.13 bits per heavy atom. The summed E-state index contributed by atoms with van der Waals surface area (Å²) in [4.78, 5) is 24.5. The second-order valence-electron chi connectivity index (χ2n) is 7.74. The maximum Gasteiger partial charge on any atom is 0.245 e. The van der Waals surface area contributed by atoms with Gasteiger partial charge in [0.15, 0.2) is 5.78 Å². The van der Waals surface area contributed by atoms with E-state index in [-0.39, 0.29) is 17.1 Å². The third-order valence-electron chi connectivity index (χ3n) is 4.49. The monoisotopic (exact) mass is 321 g/mol. The number of hydrogen-bond donors (Lipinski definition) is 0. The molecule has 2 atom stereocenters. The molecule has 132 valence electrons. The van der Waals surface area contributed by atoms with Crippen molar-refractivity contribution in [3.63, 3.8) is 0 Å². The van der Waals surface area contributed by atoms with Crippen molar-refractivity contribution >= 4 is 11.7 Å². The van der Waals surface area contributed by atoms with Crippen molar-refractivity contribution in [3.05, 3.63) is 25.3 Å². The van der Waals surface area contributed by atoms with Crippen LogP contribution in [0.25, 0.3) is 0 Å². The van der Waals surface area contributed by atoms with Gasteiger partial charge in [-0.25, -0.2) is 0 Å². The van der Waals surface area contributed by atoms with Crippen molar-refractivity contribution in [2.75, 3.05) is 13.6 Å². The first-order chi connectivity index (χ1) is 10.6. The molecule has 0 aliphatic rings. The predicted molar refractivity (Wildman–Crippen MR) is 98.2 cm³/mol. The lowest BCUT2D eigenvalue weighted by molar-refractivity contribution is -0.125. The van der Waals surface area contributed by atoms with Gasteiger partial charge in [0.2, 0.25) is 5.91 Å². The Morgan fingerprint density at radius 3 is 2.26 bits per heavy atom. The van der Waals surface area contributed by atoms with Gasteiger partial charge in [0, 0.05) is 20.0 Å². The van der Waals surface area contributed by atoms with Crippen LogP contribution in [0.4, 0.5) is 0 Å². The van der Waals surface area contributed by atoms with Gasteiger partial charge in [-0.1, -0.05) is 40.9 Å². The Morgan fingerprint density at radius 2 is 1.74 bits per heavy atom. The highest BCUT2D eigenvalue weighted by atomic mass is 16.2. The molecule has 2 unspecified atom stereocenters. The number of likely N-dealkylation sites (N-methyl/N-ethyl adjacent to an activating group) is 1. The van der Waals surface area contributed by atoms with Crippen molar-refractivity contribution in [1.29, 1.82) is 0 Å². The summed E-state index contributed by atoms with van der Waals surface area (Å²) in [6.07, 6.45) is 7.57. The molecule has 0 bridgehead atoms. The van der Waals surface area contributed by atoms with E-state index in [1.165, 1.54) is 12.2 Å². The zero-order valence-corrected chi connectivity index (χ0v) is 15.7. The number of rotatable bonds is 12. The van der Waals surface area contributed by atoms with Gasteiger partial charge in [-0.15, -0.1) is 0 Å². The minimum absolute atomic E-state index is 0.0191. The molecule has 0 aromatic heterocycles. The maximum absolute atomic E-state index is 11.5. The fraction of sp³-hybridized carbons (Fsp3) is 0.700. The van der Waals surface area contributed by atoms with Gasteiger partial charge in [-0.05, 0) is 55.1 Å². The lowest BCUT2D eigenvalue weighted by Crippen LogP contribution is -2.30. The Balaban J connectivity index is 4.21. The summed E-state index contributed by atoms with van der Waals surface area (Å²) >= 11 is 0. The van der Waals surface area contributed by atoms with Crippen LogP contribution in [0.15, 0.2) is 25.3 Å². The third-order valence-corrected chi connectivity index (χ3v) is 4.49. The largest absolute Gasteiger partial charge is 0.342 e. The molecule has 1 amide bonds. The summed E-state index contributed by atoms with van der Waals surface area (Å²) in [5, 5.41) is 0. The van der Waals surface area contributed by atoms with Crippen molar-refractivity contribution in [2.24, 2.45) is 17.3 Å². The van der Waals surface area contributed by atoms with E-state index in [1.54, 1.807) is 4.90 Å². The lowest BCUT2D eigenvalue weighted by Gasteiger charge is -2.31. The molecule has 0 aromatic carbocycles. The van der Waals surface area contributed by atoms with Crippen LogP contribution in [-0.2, 0) is 9.59 Å². The van der Waals surface area contributed by atoms with Gasteiger partial charge in [0.05, 0.1) is 0 Å². The predicted octanol–water partition coefficient (Wildman–Crippen LogP) is 4.63. The van der Waals surface area contributed by atoms with Crippen molar-refractivity contribution in [2.45, 2.75) is 59.8 Å². The molecular weight excluding hydrogens is 286 g/mol. The smallest absolute Gasteiger partial charge is 0.245 e. The first-order valence-electron chi connectivity index (χ1n) is 8.64. The molecular formula is C20H35NO2. The van der Waals surface area contributed by atoms with Crippen LogP contribution in [0.5, 0.6) is 0 Å². The fourth-order valence-corrected chi connectivity index (χ4v) is 3.16. The highest BCUT2D eigenvalue weighted by Crippen LogP contribution is 2.32. The summed E-state index contributed by atoms with van der Waals surface area (Å²) in [7, 11) is 1.82. The summed E-state index contributed by atoms with van der Waals surface area (Å²) in [5.74, 6) is 1.28. The number of carbonyl (C=O) groups excluding carboxylic acids is 2. The van der Waals surface area contributed by atoms with Crippen LogP contribution in [0.2, 0.25) is 0 Å². The zero-order valence-electron chi connectivity index (χ0n) is 15.7. The van der Waals surface area contributed by atoms with Gasteiger partial charge in [-0.2, -0.15) is 0 Å². The molecule has 0 N–H and O–H groups in total. The summed E-state index contributed by atoms with van der Waals surface area (Å²) < 4.78 is 0. The molecule has 3 nitrogen and oxygen atoms in total. The van der Waals surface area contributed by atoms with E-state index < -0.39 is 0 Å². The number of allylic oxidation sites excluding steroid dienone is 1. The maximum atomic E-state index is 11.5. The first kappa shape index (κ1) is 21.6. The van der Waals surface area contributed by atoms with Crippen molar-refractivity contribution in [1.82, 2.24) is 4.90 Å². The van der Waals surface area contributed by atoms with E-state index in [0.29, 0.717) is 18.3 Å². The van der Waals surface area contributed by atoms with E-state index in [2.05, 4.69) is 40.9 Å². The molecule has 0 heterocycles. The standard InChI is InChI=1S/C20H35NO2/c1-8-18(22)11-10-16(3)14-17(4)15-20(5,6)12-13-21(7)19(23)9-2/h8-9,16-17H,1-2,10-15H2,3-7H3. The lowest BCUT2D eigenvalue weighted by atomic mass is 9.77. The molecule has 0 aromatic rings. The van der Waals surface area contributed by atoms with E-state index in [9.17, 15) is 9.59 Å². The summed E-state index contributed by atoms with van der Waals surface area (Å²) in [6, 6.07) is 0. The van der Waals surface area contributed by atoms with Crippen LogP contribution in [0.3, 0.4) is 0 Å². The van der Waals surface area contributed by atoms with Gasteiger partial charge in [0.1, 0.15) is 0 Å². The highest BCUT2D eigenvalue weighted by Gasteiger charge is 2.23. The minimum atomic E-state index is -0.0191. The average molecular weight is 322 g/mol. The van der Waals surface area contributed by atoms with Crippen LogP contribution in [0.1, 0.15) is 59.8 Å². The Bertz CT molecular complexity index is 412. The van der Waals surface area contributed by atoms with Crippen LogP contribution >= 0.6 is 0 Å². The van der Waals surface area contributed by atoms with Gasteiger partial charge in [-0.3, -0.25) is 9.59 Å². The Hall–Kier alpha value is -1.38. The Kier molecular flexibility index (Phi) is 9.78. The normalized spacial score (nSPS) is 14.0. The molecule has 0 aliphatic carbocycles. The topological polar surface area (TPSA) is 37.4 Å².